The van der Waals surface area contributed by atoms with Gasteiger partial charge in [-0.3, -0.25) is 4.79 Å². The minimum Gasteiger partial charge on any atom is -0.461 e. The molecule has 1 saturated carbocycles. The quantitative estimate of drug-likeness (QED) is 0.305. The molecule has 0 N–H and O–H groups in total. The number of hydrogen-bond acceptors (Lipinski definition) is 2. The average molecular weight is 425 g/mol. The fourth-order valence-electron chi connectivity index (χ4n) is 7.50. The Morgan fingerprint density at radius 1 is 1.04 bits per heavy atom. The van der Waals surface area contributed by atoms with Crippen molar-refractivity contribution in [2.75, 3.05) is 6.61 Å². The van der Waals surface area contributed by atoms with Gasteiger partial charge >= 0.3 is 5.97 Å². The molecular weight excluding hydrogens is 385 g/mol. The molecule has 2 aliphatic rings. The first-order valence-corrected chi connectivity index (χ1v) is 25.7. The number of carbonyl (C=O) groups is 1. The van der Waals surface area contributed by atoms with E-state index in [-0.39, 0.29) is 11.9 Å². The van der Waals surface area contributed by atoms with Crippen LogP contribution in [0.3, 0.4) is 0 Å². The van der Waals surface area contributed by atoms with Crippen molar-refractivity contribution in [1.82, 2.24) is 0 Å². The Kier molecular flexibility index (Phi) is 5.96. The maximum absolute atomic E-state index is 12.5. The van der Waals surface area contributed by atoms with E-state index < -0.39 is 29.4 Å². The number of hydrogen-bond donors (Lipinski definition) is 0. The minimum absolute atomic E-state index is 0.00831. The molecule has 148 valence electrons. The number of fused-ring (bicyclic) bond motifs is 2. The molecule has 0 aromatic carbocycles. The van der Waals surface area contributed by atoms with Gasteiger partial charge in [-0.15, -0.1) is 0 Å². The summed E-state index contributed by atoms with van der Waals surface area (Å²) in [5.41, 5.74) is 0. The van der Waals surface area contributed by atoms with Crippen LogP contribution < -0.4 is 0 Å². The molecular formula is C20H40O2Si4. The van der Waals surface area contributed by atoms with Gasteiger partial charge in [-0.1, -0.05) is 82.9 Å². The summed E-state index contributed by atoms with van der Waals surface area (Å²) in [5.74, 6) is 1.20. The summed E-state index contributed by atoms with van der Waals surface area (Å²) in [6, 6.07) is 0. The first-order valence-electron chi connectivity index (χ1n) is 10.2. The molecule has 3 unspecified atom stereocenters. The summed E-state index contributed by atoms with van der Waals surface area (Å²) in [6.45, 7) is 26.5. The van der Waals surface area contributed by atoms with Gasteiger partial charge in [-0.2, -0.15) is 0 Å². The van der Waals surface area contributed by atoms with Crippen molar-refractivity contribution in [3.8, 4) is 0 Å². The Morgan fingerprint density at radius 3 is 1.88 bits per heavy atom. The SMILES string of the molecule is C=CCOC(=O)C1CC2CC1C=C2[Si]([Si](C)(C)C)([Si](C)(C)C)[Si](C)(C)C. The predicted octanol–water partition coefficient (Wildman–Crippen LogP) is 5.54. The second kappa shape index (κ2) is 7.01. The lowest BCUT2D eigenvalue weighted by Crippen LogP contribution is -2.84. The summed E-state index contributed by atoms with van der Waals surface area (Å²) in [7, 11) is -3.95. The summed E-state index contributed by atoms with van der Waals surface area (Å²) in [4.78, 5) is 12.5. The smallest absolute Gasteiger partial charge is 0.309 e. The highest BCUT2D eigenvalue weighted by atomic mass is 29.9. The van der Waals surface area contributed by atoms with Crippen LogP contribution in [0.4, 0.5) is 0 Å². The highest BCUT2D eigenvalue weighted by Gasteiger charge is 2.66. The molecule has 2 rings (SSSR count). The third kappa shape index (κ3) is 3.35. The molecule has 2 aliphatic carbocycles. The zero-order valence-corrected chi connectivity index (χ0v) is 22.5. The van der Waals surface area contributed by atoms with Crippen molar-refractivity contribution in [2.24, 2.45) is 17.8 Å². The molecule has 6 heteroatoms. The maximum Gasteiger partial charge on any atom is 0.309 e. The van der Waals surface area contributed by atoms with Crippen molar-refractivity contribution in [3.63, 3.8) is 0 Å². The van der Waals surface area contributed by atoms with Crippen LogP contribution in [-0.4, -0.2) is 42.0 Å². The molecule has 0 amide bonds. The van der Waals surface area contributed by atoms with Crippen LogP contribution in [-0.2, 0) is 9.53 Å². The van der Waals surface area contributed by atoms with Crippen LogP contribution >= 0.6 is 0 Å². The van der Waals surface area contributed by atoms with Crippen molar-refractivity contribution in [3.05, 3.63) is 23.9 Å². The van der Waals surface area contributed by atoms with Gasteiger partial charge in [0.05, 0.1) is 12.5 Å². The van der Waals surface area contributed by atoms with Crippen LogP contribution in [0, 0.1) is 17.8 Å². The van der Waals surface area contributed by atoms with Crippen LogP contribution in [0.5, 0.6) is 0 Å². The third-order valence-corrected chi connectivity index (χ3v) is 78.4. The molecule has 0 radical (unpaired) electrons. The van der Waals surface area contributed by atoms with Gasteiger partial charge in [0.15, 0.2) is 0 Å². The van der Waals surface area contributed by atoms with Crippen molar-refractivity contribution in [2.45, 2.75) is 71.8 Å². The molecule has 26 heavy (non-hydrogen) atoms. The van der Waals surface area contributed by atoms with E-state index in [2.05, 4.69) is 71.6 Å². The van der Waals surface area contributed by atoms with E-state index in [1.54, 1.807) is 6.08 Å². The molecule has 1 fully saturated rings. The second-order valence-electron chi connectivity index (χ2n) is 11.5. The van der Waals surface area contributed by atoms with Crippen LogP contribution in [0.15, 0.2) is 23.9 Å². The van der Waals surface area contributed by atoms with Gasteiger partial charge in [0, 0.05) is 22.8 Å². The van der Waals surface area contributed by atoms with Crippen LogP contribution in [0.1, 0.15) is 12.8 Å². The third-order valence-electron chi connectivity index (χ3n) is 6.90. The van der Waals surface area contributed by atoms with Crippen molar-refractivity contribution < 1.29 is 9.53 Å². The van der Waals surface area contributed by atoms with Gasteiger partial charge in [-0.05, 0) is 24.7 Å². The number of rotatable bonds is 7. The van der Waals surface area contributed by atoms with E-state index in [4.69, 9.17) is 4.74 Å². The molecule has 0 spiro atoms. The van der Waals surface area contributed by atoms with E-state index in [0.29, 0.717) is 18.4 Å². The topological polar surface area (TPSA) is 26.3 Å². The maximum atomic E-state index is 12.5. The lowest BCUT2D eigenvalue weighted by Gasteiger charge is -2.60. The van der Waals surface area contributed by atoms with Gasteiger partial charge in [0.25, 0.3) is 0 Å². The summed E-state index contributed by atoms with van der Waals surface area (Å²) in [5, 5.41) is 1.92. The Bertz CT molecular complexity index is 569. The fourth-order valence-corrected chi connectivity index (χ4v) is 110. The summed E-state index contributed by atoms with van der Waals surface area (Å²) >= 11 is 0. The van der Waals surface area contributed by atoms with E-state index >= 15 is 0 Å². The van der Waals surface area contributed by atoms with Crippen molar-refractivity contribution >= 4 is 35.4 Å². The van der Waals surface area contributed by atoms with E-state index in [0.717, 1.165) is 6.42 Å². The van der Waals surface area contributed by atoms with E-state index in [9.17, 15) is 4.79 Å². The molecule has 0 heterocycles. The molecule has 0 aliphatic heterocycles. The Labute approximate surface area is 164 Å². The molecule has 0 saturated heterocycles. The minimum atomic E-state index is -1.50. The predicted molar refractivity (Wildman–Crippen MR) is 125 cm³/mol. The molecule has 3 atom stereocenters. The largest absolute Gasteiger partial charge is 0.461 e. The average Bonchev–Trinajstić information content (AvgIpc) is 3.00. The normalized spacial score (nSPS) is 26.7. The van der Waals surface area contributed by atoms with E-state index in [1.165, 1.54) is 6.42 Å². The summed E-state index contributed by atoms with van der Waals surface area (Å²) < 4.78 is 5.40. The zero-order chi connectivity index (χ0) is 20.1. The van der Waals surface area contributed by atoms with Gasteiger partial charge in [0.1, 0.15) is 6.61 Å². The molecule has 0 aromatic rings. The van der Waals surface area contributed by atoms with Gasteiger partial charge in [-0.25, -0.2) is 0 Å². The molecule has 2 nitrogen and oxygen atoms in total. The number of esters is 1. The number of carbonyl (C=O) groups excluding carboxylic acids is 1. The van der Waals surface area contributed by atoms with Gasteiger partial charge in [0.2, 0.25) is 0 Å². The fraction of sp³-hybridized carbons (Fsp3) is 0.750. The first kappa shape index (κ1) is 22.1. The highest BCUT2D eigenvalue weighted by Crippen LogP contribution is 2.55. The van der Waals surface area contributed by atoms with Gasteiger partial charge < -0.3 is 4.74 Å². The standard InChI is InChI=1S/C20H40O2Si4/c1-11-12-22-20(21)18-14-17-13-16(18)15-19(17)26(23(2,3)4,24(5,6)7)25(8,9)10/h11,15-18H,1,12-14H2,2-10H3. The monoisotopic (exact) mass is 424 g/mol. The Morgan fingerprint density at radius 2 is 1.54 bits per heavy atom. The number of ether oxygens (including phenoxy) is 1. The lowest BCUT2D eigenvalue weighted by atomic mass is 9.94. The Hall–Kier alpha value is -0.182. The Balaban J connectivity index is 2.49. The van der Waals surface area contributed by atoms with E-state index in [1.807, 2.05) is 5.20 Å². The summed E-state index contributed by atoms with van der Waals surface area (Å²) in [6.07, 6.45) is 6.55. The lowest BCUT2D eigenvalue weighted by molar-refractivity contribution is -0.148. The number of allylic oxidation sites excluding steroid dienone is 2. The second-order valence-corrected chi connectivity index (χ2v) is 51.8. The van der Waals surface area contributed by atoms with Crippen molar-refractivity contribution in [1.29, 1.82) is 0 Å². The zero-order valence-electron chi connectivity index (χ0n) is 18.5. The van der Waals surface area contributed by atoms with Crippen LogP contribution in [0.25, 0.3) is 0 Å². The molecule has 0 aromatic heterocycles. The molecule has 2 bridgehead atoms. The van der Waals surface area contributed by atoms with Crippen LogP contribution in [0.2, 0.25) is 58.9 Å². The highest BCUT2D eigenvalue weighted by molar-refractivity contribution is 7.91. The first-order chi connectivity index (χ1) is 11.7.